The minimum absolute atomic E-state index is 0.0727. The number of benzene rings is 3. The first kappa shape index (κ1) is 23.8. The fourth-order valence-electron chi connectivity index (χ4n) is 3.71. The Morgan fingerprint density at radius 3 is 2.44 bits per heavy atom. The maximum absolute atomic E-state index is 12.6. The van der Waals surface area contributed by atoms with E-state index in [9.17, 15) is 13.2 Å². The van der Waals surface area contributed by atoms with Gasteiger partial charge >= 0.3 is 0 Å². The molecule has 0 bridgehead atoms. The van der Waals surface area contributed by atoms with E-state index in [1.807, 2.05) is 49.3 Å². The highest BCUT2D eigenvalue weighted by atomic mass is 35.5. The molecule has 0 aliphatic carbocycles. The largest absolute Gasteiger partial charge is 0.378 e. The molecule has 0 radical (unpaired) electrons. The summed E-state index contributed by atoms with van der Waals surface area (Å²) in [6.07, 6.45) is 2.94. The van der Waals surface area contributed by atoms with E-state index >= 15 is 0 Å². The van der Waals surface area contributed by atoms with Crippen LogP contribution in [-0.2, 0) is 27.6 Å². The number of aromatic nitrogens is 2. The number of anilines is 2. The second kappa shape index (κ2) is 9.48. The summed E-state index contributed by atoms with van der Waals surface area (Å²) in [5.41, 5.74) is 3.67. The Kier molecular flexibility index (Phi) is 6.63. The van der Waals surface area contributed by atoms with E-state index in [4.69, 9.17) is 11.6 Å². The van der Waals surface area contributed by atoms with E-state index in [1.54, 1.807) is 35.1 Å². The van der Waals surface area contributed by atoms with Crippen LogP contribution >= 0.6 is 11.6 Å². The molecule has 3 aromatic carbocycles. The van der Waals surface area contributed by atoms with Gasteiger partial charge in [-0.15, -0.1) is 0 Å². The first-order valence-corrected chi connectivity index (χ1v) is 12.9. The van der Waals surface area contributed by atoms with Crippen molar-refractivity contribution in [3.8, 4) is 0 Å². The topological polar surface area (TPSA) is 84.3 Å². The molecule has 0 unspecified atom stereocenters. The molecule has 0 saturated heterocycles. The lowest BCUT2D eigenvalue weighted by atomic mass is 10.1. The van der Waals surface area contributed by atoms with E-state index in [2.05, 4.69) is 10.4 Å². The van der Waals surface area contributed by atoms with Gasteiger partial charge in [-0.2, -0.15) is 5.10 Å². The van der Waals surface area contributed by atoms with Crippen molar-refractivity contribution in [2.45, 2.75) is 17.9 Å². The summed E-state index contributed by atoms with van der Waals surface area (Å²) in [7, 11) is 0.399. The molecule has 1 N–H and O–H groups in total. The Bertz CT molecular complexity index is 1460. The lowest BCUT2D eigenvalue weighted by Gasteiger charge is -2.12. The Morgan fingerprint density at radius 1 is 1.09 bits per heavy atom. The maximum atomic E-state index is 12.6. The Balaban J connectivity index is 1.63. The lowest BCUT2D eigenvalue weighted by Crippen LogP contribution is -2.15. The Labute approximate surface area is 203 Å². The van der Waals surface area contributed by atoms with Gasteiger partial charge in [-0.1, -0.05) is 41.9 Å². The van der Waals surface area contributed by atoms with Crippen molar-refractivity contribution in [2.24, 2.45) is 0 Å². The van der Waals surface area contributed by atoms with Gasteiger partial charge in [0.1, 0.15) is 0 Å². The first-order chi connectivity index (χ1) is 16.1. The first-order valence-electron chi connectivity index (χ1n) is 10.6. The van der Waals surface area contributed by atoms with Gasteiger partial charge in [-0.05, 0) is 41.5 Å². The quantitative estimate of drug-likeness (QED) is 0.410. The third-order valence-electron chi connectivity index (χ3n) is 5.42. The van der Waals surface area contributed by atoms with Crippen molar-refractivity contribution < 1.29 is 13.2 Å². The zero-order chi connectivity index (χ0) is 24.5. The average molecular weight is 497 g/mol. The van der Waals surface area contributed by atoms with Crippen molar-refractivity contribution in [1.29, 1.82) is 0 Å². The van der Waals surface area contributed by atoms with E-state index in [-0.39, 0.29) is 17.2 Å². The van der Waals surface area contributed by atoms with Crippen LogP contribution in [0.5, 0.6) is 0 Å². The number of nitrogens with zero attached hydrogens (tertiary/aromatic N) is 3. The molecular formula is C25H25ClN4O3S. The minimum atomic E-state index is -3.56. The lowest BCUT2D eigenvalue weighted by molar-refractivity contribution is -0.115. The highest BCUT2D eigenvalue weighted by Gasteiger charge is 2.18. The molecule has 1 aromatic heterocycles. The van der Waals surface area contributed by atoms with Crippen LogP contribution in [0.2, 0.25) is 5.02 Å². The highest BCUT2D eigenvalue weighted by Crippen LogP contribution is 2.28. The molecule has 0 atom stereocenters. The molecule has 4 aromatic rings. The normalized spacial score (nSPS) is 11.5. The summed E-state index contributed by atoms with van der Waals surface area (Å²) in [6.45, 7) is 0.486. The van der Waals surface area contributed by atoms with Crippen LogP contribution in [0.25, 0.3) is 10.9 Å². The average Bonchev–Trinajstić information content (AvgIpc) is 3.16. The third kappa shape index (κ3) is 5.40. The second-order valence-corrected chi connectivity index (χ2v) is 10.8. The second-order valence-electron chi connectivity index (χ2n) is 8.38. The summed E-state index contributed by atoms with van der Waals surface area (Å²) in [5.74, 6) is -0.299. The Hall–Kier alpha value is -3.36. The summed E-state index contributed by atoms with van der Waals surface area (Å²) in [4.78, 5) is 14.7. The monoisotopic (exact) mass is 496 g/mol. The molecule has 7 nitrogen and oxygen atoms in total. The van der Waals surface area contributed by atoms with Gasteiger partial charge in [0.25, 0.3) is 0 Å². The van der Waals surface area contributed by atoms with E-state index in [0.717, 1.165) is 17.5 Å². The van der Waals surface area contributed by atoms with Crippen LogP contribution in [0.3, 0.4) is 0 Å². The number of carbonyl (C=O) groups excluding carboxylic acids is 1. The number of fused-ring (bicyclic) bond motifs is 1. The molecular weight excluding hydrogens is 472 g/mol. The molecule has 176 valence electrons. The summed E-state index contributed by atoms with van der Waals surface area (Å²) in [5, 5.41) is 8.37. The van der Waals surface area contributed by atoms with Crippen LogP contribution in [0.15, 0.2) is 71.8 Å². The Morgan fingerprint density at radius 2 is 1.79 bits per heavy atom. The van der Waals surface area contributed by atoms with Gasteiger partial charge in [-0.3, -0.25) is 9.48 Å². The van der Waals surface area contributed by atoms with Crippen molar-refractivity contribution in [3.05, 3.63) is 83.0 Å². The predicted octanol–water partition coefficient (Wildman–Crippen LogP) is 4.39. The van der Waals surface area contributed by atoms with Gasteiger partial charge < -0.3 is 10.2 Å². The van der Waals surface area contributed by atoms with Crippen molar-refractivity contribution in [1.82, 2.24) is 9.78 Å². The molecule has 4 rings (SSSR count). The zero-order valence-corrected chi connectivity index (χ0v) is 20.7. The van der Waals surface area contributed by atoms with E-state index in [0.29, 0.717) is 33.7 Å². The molecule has 0 saturated carbocycles. The highest BCUT2D eigenvalue weighted by molar-refractivity contribution is 7.91. The maximum Gasteiger partial charge on any atom is 0.228 e. The van der Waals surface area contributed by atoms with Gasteiger partial charge in [-0.25, -0.2) is 8.42 Å². The van der Waals surface area contributed by atoms with Gasteiger partial charge in [0.2, 0.25) is 5.91 Å². The van der Waals surface area contributed by atoms with Crippen LogP contribution < -0.4 is 10.2 Å². The number of sulfone groups is 1. The fraction of sp³-hybridized carbons (Fsp3) is 0.200. The van der Waals surface area contributed by atoms with Crippen LogP contribution in [0.1, 0.15) is 11.1 Å². The number of carbonyl (C=O) groups is 1. The molecule has 0 aliphatic heterocycles. The van der Waals surface area contributed by atoms with Crippen LogP contribution in [0, 0.1) is 0 Å². The standard InChI is InChI=1S/C25H25ClN4O3S/c1-29(2)20-10-8-17(9-11-20)15-30-16-21-23(28-30)13-19(14-24(21)34(3,32)33)27-25(31)12-18-6-4-5-7-22(18)26/h4-11,13-14,16H,12,15H2,1-3H3,(H,27,31). The smallest absolute Gasteiger partial charge is 0.228 e. The predicted molar refractivity (Wildman–Crippen MR) is 136 cm³/mol. The molecule has 9 heteroatoms. The number of halogens is 1. The third-order valence-corrected chi connectivity index (χ3v) is 6.93. The summed E-state index contributed by atoms with van der Waals surface area (Å²) < 4.78 is 26.7. The SMILES string of the molecule is CN(C)c1ccc(Cn2cc3c(S(C)(=O)=O)cc(NC(=O)Cc4ccccc4Cl)cc3n2)cc1. The van der Waals surface area contributed by atoms with Crippen LogP contribution in [0.4, 0.5) is 11.4 Å². The van der Waals surface area contributed by atoms with Crippen molar-refractivity contribution in [2.75, 3.05) is 30.6 Å². The molecule has 1 heterocycles. The number of hydrogen-bond donors (Lipinski definition) is 1. The zero-order valence-electron chi connectivity index (χ0n) is 19.1. The van der Waals surface area contributed by atoms with Crippen molar-refractivity contribution in [3.63, 3.8) is 0 Å². The molecule has 0 aliphatic rings. The molecule has 1 amide bonds. The number of hydrogen-bond acceptors (Lipinski definition) is 5. The number of rotatable bonds is 7. The fourth-order valence-corrected chi connectivity index (χ4v) is 4.81. The molecule has 34 heavy (non-hydrogen) atoms. The minimum Gasteiger partial charge on any atom is -0.378 e. The van der Waals surface area contributed by atoms with Gasteiger partial charge in [0, 0.05) is 48.3 Å². The van der Waals surface area contributed by atoms with Gasteiger partial charge in [0.05, 0.1) is 23.4 Å². The molecule has 0 fully saturated rings. The number of amides is 1. The van der Waals surface area contributed by atoms with E-state index in [1.165, 1.54) is 6.07 Å². The summed E-state index contributed by atoms with van der Waals surface area (Å²) >= 11 is 6.15. The van der Waals surface area contributed by atoms with Crippen molar-refractivity contribution >= 4 is 49.6 Å². The molecule has 0 spiro atoms. The number of nitrogens with one attached hydrogen (secondary N) is 1. The van der Waals surface area contributed by atoms with Gasteiger partial charge in [0.15, 0.2) is 9.84 Å². The summed E-state index contributed by atoms with van der Waals surface area (Å²) in [6, 6.07) is 18.3. The van der Waals surface area contributed by atoms with E-state index < -0.39 is 9.84 Å². The van der Waals surface area contributed by atoms with Crippen LogP contribution in [-0.4, -0.2) is 44.5 Å².